The summed E-state index contributed by atoms with van der Waals surface area (Å²) in [5, 5.41) is 2.85. The summed E-state index contributed by atoms with van der Waals surface area (Å²) in [5.41, 5.74) is 1.47. The van der Waals surface area contributed by atoms with Crippen LogP contribution in [0.2, 0.25) is 0 Å². The highest BCUT2D eigenvalue weighted by Crippen LogP contribution is 2.42. The summed E-state index contributed by atoms with van der Waals surface area (Å²) < 4.78 is 10.7. The molecule has 2 unspecified atom stereocenters. The van der Waals surface area contributed by atoms with Crippen LogP contribution >= 0.6 is 11.8 Å². The highest BCUT2D eigenvalue weighted by molar-refractivity contribution is 7.99. The number of piperidine rings is 1. The lowest BCUT2D eigenvalue weighted by molar-refractivity contribution is -0.124. The van der Waals surface area contributed by atoms with Gasteiger partial charge in [0.1, 0.15) is 11.4 Å². The Morgan fingerprint density at radius 1 is 1.00 bits per heavy atom. The molecule has 182 valence electrons. The summed E-state index contributed by atoms with van der Waals surface area (Å²) >= 11 is 1.62. The van der Waals surface area contributed by atoms with Crippen LogP contribution in [0.5, 0.6) is 11.5 Å². The van der Waals surface area contributed by atoms with Gasteiger partial charge in [-0.3, -0.25) is 9.59 Å². The van der Waals surface area contributed by atoms with Crippen molar-refractivity contribution in [2.75, 3.05) is 46.2 Å². The van der Waals surface area contributed by atoms with E-state index in [0.717, 1.165) is 25.2 Å². The predicted molar refractivity (Wildman–Crippen MR) is 134 cm³/mol. The second-order valence-electron chi connectivity index (χ2n) is 8.59. The first-order chi connectivity index (χ1) is 16.6. The Labute approximate surface area is 205 Å². The van der Waals surface area contributed by atoms with Gasteiger partial charge >= 0.3 is 0 Å². The third kappa shape index (κ3) is 5.50. The fourth-order valence-corrected chi connectivity index (χ4v) is 6.02. The quantitative estimate of drug-likeness (QED) is 0.619. The molecule has 0 bridgehead atoms. The monoisotopic (exact) mass is 483 g/mol. The summed E-state index contributed by atoms with van der Waals surface area (Å²) in [4.78, 5) is 31.1. The lowest BCUT2D eigenvalue weighted by Crippen LogP contribution is -2.49. The van der Waals surface area contributed by atoms with Crippen molar-refractivity contribution in [1.29, 1.82) is 0 Å². The molecule has 34 heavy (non-hydrogen) atoms. The molecule has 2 aliphatic rings. The number of hydrogen-bond donors (Lipinski definition) is 1. The van der Waals surface area contributed by atoms with Crippen LogP contribution in [0, 0.1) is 0 Å². The molecule has 4 rings (SSSR count). The Bertz CT molecular complexity index is 981. The highest BCUT2D eigenvalue weighted by atomic mass is 32.2. The van der Waals surface area contributed by atoms with Gasteiger partial charge < -0.3 is 24.6 Å². The lowest BCUT2D eigenvalue weighted by Gasteiger charge is -2.30. The van der Waals surface area contributed by atoms with Gasteiger partial charge in [-0.15, -0.1) is 11.8 Å². The summed E-state index contributed by atoms with van der Waals surface area (Å²) in [5.74, 6) is 1.29. The molecule has 2 fully saturated rings. The second-order valence-corrected chi connectivity index (χ2v) is 9.70. The van der Waals surface area contributed by atoms with Crippen molar-refractivity contribution in [2.45, 2.75) is 30.7 Å². The van der Waals surface area contributed by atoms with Gasteiger partial charge in [0, 0.05) is 24.4 Å². The number of rotatable bonds is 8. The first-order valence-electron chi connectivity index (χ1n) is 11.8. The average Bonchev–Trinajstić information content (AvgIpc) is 3.34. The average molecular weight is 484 g/mol. The number of benzene rings is 2. The molecular weight excluding hydrogens is 450 g/mol. The number of hydrogen-bond acceptors (Lipinski definition) is 6. The molecule has 2 aliphatic heterocycles. The molecule has 2 aromatic rings. The van der Waals surface area contributed by atoms with E-state index in [1.54, 1.807) is 49.1 Å². The number of nitrogens with zero attached hydrogens (tertiary/aromatic N) is 2. The second kappa shape index (κ2) is 11.6. The van der Waals surface area contributed by atoms with Gasteiger partial charge in [0.25, 0.3) is 5.91 Å². The number of carbonyl (C=O) groups excluding carboxylic acids is 2. The predicted octanol–water partition coefficient (Wildman–Crippen LogP) is 3.56. The van der Waals surface area contributed by atoms with Crippen LogP contribution in [0.15, 0.2) is 48.5 Å². The Morgan fingerprint density at radius 3 is 2.44 bits per heavy atom. The molecule has 2 amide bonds. The first kappa shape index (κ1) is 24.4. The Morgan fingerprint density at radius 2 is 1.74 bits per heavy atom. The molecule has 0 spiro atoms. The van der Waals surface area contributed by atoms with Crippen LogP contribution in [0.25, 0.3) is 0 Å². The Hall–Kier alpha value is -2.71. The number of carbonyl (C=O) groups is 2. The van der Waals surface area contributed by atoms with Gasteiger partial charge in [0.2, 0.25) is 5.91 Å². The van der Waals surface area contributed by atoms with Crippen molar-refractivity contribution in [3.05, 3.63) is 59.7 Å². The Kier molecular flexibility index (Phi) is 8.34. The third-order valence-corrected chi connectivity index (χ3v) is 7.75. The van der Waals surface area contributed by atoms with E-state index in [1.165, 1.54) is 19.3 Å². The molecule has 0 radical (unpaired) electrons. The van der Waals surface area contributed by atoms with Crippen LogP contribution in [-0.2, 0) is 4.79 Å². The first-order valence-corrected chi connectivity index (χ1v) is 12.9. The van der Waals surface area contributed by atoms with E-state index in [0.29, 0.717) is 29.4 Å². The fourth-order valence-electron chi connectivity index (χ4n) is 4.59. The minimum Gasteiger partial charge on any atom is -0.493 e. The molecule has 0 aromatic heterocycles. The number of likely N-dealkylation sites (tertiary alicyclic amines) is 1. The zero-order valence-electron chi connectivity index (χ0n) is 19.9. The zero-order valence-corrected chi connectivity index (χ0v) is 20.7. The van der Waals surface area contributed by atoms with Crippen molar-refractivity contribution < 1.29 is 19.1 Å². The van der Waals surface area contributed by atoms with Gasteiger partial charge in [-0.2, -0.15) is 0 Å². The minimum atomic E-state index is -0.544. The van der Waals surface area contributed by atoms with Crippen molar-refractivity contribution in [2.24, 2.45) is 0 Å². The van der Waals surface area contributed by atoms with Gasteiger partial charge in [0.05, 0.1) is 14.2 Å². The number of nitrogens with one attached hydrogen (secondary N) is 1. The molecular formula is C26H33N3O4S. The number of thioether (sulfide) groups is 1. The maximum Gasteiger partial charge on any atom is 0.255 e. The molecule has 0 saturated carbocycles. The maximum atomic E-state index is 13.8. The van der Waals surface area contributed by atoms with E-state index in [1.807, 2.05) is 30.3 Å². The molecule has 0 aliphatic carbocycles. The van der Waals surface area contributed by atoms with Crippen molar-refractivity contribution in [3.8, 4) is 11.5 Å². The van der Waals surface area contributed by atoms with Gasteiger partial charge in [0.15, 0.2) is 11.5 Å². The number of methoxy groups -OCH3 is 2. The molecule has 1 N–H and O–H groups in total. The third-order valence-electron chi connectivity index (χ3n) is 6.43. The molecule has 2 heterocycles. The van der Waals surface area contributed by atoms with E-state index < -0.39 is 6.04 Å². The number of amides is 2. The van der Waals surface area contributed by atoms with E-state index in [9.17, 15) is 9.59 Å². The van der Waals surface area contributed by atoms with Crippen LogP contribution in [0.4, 0.5) is 0 Å². The summed E-state index contributed by atoms with van der Waals surface area (Å²) in [6.45, 7) is 3.62. The summed E-state index contributed by atoms with van der Waals surface area (Å²) in [6.07, 6.45) is 3.73. The molecule has 7 nitrogen and oxygen atoms in total. The molecule has 2 saturated heterocycles. The van der Waals surface area contributed by atoms with Crippen LogP contribution in [0.3, 0.4) is 0 Å². The Balaban J connectivity index is 1.53. The molecule has 8 heteroatoms. The lowest BCUT2D eigenvalue weighted by atomic mass is 10.1. The molecule has 2 atom stereocenters. The highest BCUT2D eigenvalue weighted by Gasteiger charge is 2.42. The van der Waals surface area contributed by atoms with Crippen LogP contribution < -0.4 is 14.8 Å². The SMILES string of the molecule is COc1ccc(C(=O)N2C(C(=O)NCCN3CCCCC3)CSC2c2ccccc2)cc1OC. The molecule has 2 aromatic carbocycles. The summed E-state index contributed by atoms with van der Waals surface area (Å²) in [7, 11) is 3.11. The van der Waals surface area contributed by atoms with Crippen molar-refractivity contribution in [1.82, 2.24) is 15.1 Å². The van der Waals surface area contributed by atoms with Crippen LogP contribution in [-0.4, -0.2) is 73.8 Å². The van der Waals surface area contributed by atoms with E-state index in [-0.39, 0.29) is 17.2 Å². The number of ether oxygens (including phenoxy) is 2. The van der Waals surface area contributed by atoms with E-state index >= 15 is 0 Å². The van der Waals surface area contributed by atoms with Gasteiger partial charge in [-0.05, 0) is 49.7 Å². The van der Waals surface area contributed by atoms with E-state index in [2.05, 4.69) is 10.2 Å². The largest absolute Gasteiger partial charge is 0.493 e. The topological polar surface area (TPSA) is 71.1 Å². The van der Waals surface area contributed by atoms with Crippen LogP contribution in [0.1, 0.15) is 40.6 Å². The van der Waals surface area contributed by atoms with Crippen molar-refractivity contribution in [3.63, 3.8) is 0 Å². The zero-order chi connectivity index (χ0) is 23.9. The smallest absolute Gasteiger partial charge is 0.255 e. The standard InChI is InChI=1S/C26H33N3O4S/c1-32-22-12-11-20(17-23(22)33-2)25(31)29-21(18-34-26(29)19-9-5-3-6-10-19)24(30)27-13-16-28-14-7-4-8-15-28/h3,5-6,9-12,17,21,26H,4,7-8,13-16,18H2,1-2H3,(H,27,30). The van der Waals surface area contributed by atoms with Gasteiger partial charge in [-0.25, -0.2) is 0 Å². The van der Waals surface area contributed by atoms with Crippen molar-refractivity contribution >= 4 is 23.6 Å². The normalized spacial score (nSPS) is 20.7. The summed E-state index contributed by atoms with van der Waals surface area (Å²) in [6, 6.07) is 14.5. The van der Waals surface area contributed by atoms with Gasteiger partial charge in [-0.1, -0.05) is 36.8 Å². The van der Waals surface area contributed by atoms with E-state index in [4.69, 9.17) is 9.47 Å². The maximum absolute atomic E-state index is 13.8. The fraction of sp³-hybridized carbons (Fsp3) is 0.462. The minimum absolute atomic E-state index is 0.100.